The van der Waals surface area contributed by atoms with Gasteiger partial charge >= 0.3 is 0 Å². The number of aromatic nitrogens is 4. The van der Waals surface area contributed by atoms with Crippen LogP contribution in [0.15, 0.2) is 29.2 Å². The monoisotopic (exact) mass is 511 g/mol. The number of halogens is 1. The van der Waals surface area contributed by atoms with Gasteiger partial charge in [-0.05, 0) is 32.4 Å². The quantitative estimate of drug-likeness (QED) is 0.509. The van der Waals surface area contributed by atoms with Crippen LogP contribution in [-0.2, 0) is 29.0 Å². The average Bonchev–Trinajstić information content (AvgIpc) is 3.46. The number of fused-ring (bicyclic) bond motifs is 2. The molecule has 196 valence electrons. The highest BCUT2D eigenvalue weighted by molar-refractivity contribution is 5.98. The van der Waals surface area contributed by atoms with Gasteiger partial charge in [-0.15, -0.1) is 0 Å². The molecule has 2 amide bonds. The molecule has 3 aromatic heterocycles. The summed E-state index contributed by atoms with van der Waals surface area (Å²) < 4.78 is 21.7. The van der Waals surface area contributed by atoms with Crippen molar-refractivity contribution in [1.29, 1.82) is 0 Å². The number of aryl methyl sites for hydroxylation is 1. The Hall–Kier alpha value is -3.64. The zero-order chi connectivity index (χ0) is 26.3. The second-order valence-corrected chi connectivity index (χ2v) is 9.63. The molecular formula is C25H30FN7O4. The van der Waals surface area contributed by atoms with E-state index in [9.17, 15) is 18.8 Å². The lowest BCUT2D eigenvalue weighted by Crippen LogP contribution is -2.53. The standard InChI is InChI=1S/C25H30FN7O4/c1-4-17-9-22-32(13-21(34)28-20-6-5-16(26)10-27-20)23-19(24(35)33(22)29-17)12-30(25(23)36)11-18-14-37-8-7-31(18)15(2)3/h5-6,9-10,15,18H,4,7-8,11-14H2,1-3H3,(H,27,28,34)/t18-/m1/s1. The molecule has 3 aromatic rings. The highest BCUT2D eigenvalue weighted by Crippen LogP contribution is 2.25. The largest absolute Gasteiger partial charge is 0.378 e. The fourth-order valence-corrected chi connectivity index (χ4v) is 5.08. The first kappa shape index (κ1) is 25.0. The third-order valence-corrected chi connectivity index (χ3v) is 6.89. The number of anilines is 1. The van der Waals surface area contributed by atoms with Crippen LogP contribution in [0.1, 0.15) is 42.5 Å². The maximum absolute atomic E-state index is 13.7. The number of carbonyl (C=O) groups excluding carboxylic acids is 2. The molecule has 1 N–H and O–H groups in total. The fourth-order valence-electron chi connectivity index (χ4n) is 5.08. The minimum absolute atomic E-state index is 0.000750. The van der Waals surface area contributed by atoms with E-state index in [1.165, 1.54) is 16.6 Å². The zero-order valence-electron chi connectivity index (χ0n) is 21.1. The van der Waals surface area contributed by atoms with E-state index < -0.39 is 11.7 Å². The van der Waals surface area contributed by atoms with Gasteiger partial charge in [-0.1, -0.05) is 6.92 Å². The molecule has 2 aliphatic rings. The Labute approximate surface area is 212 Å². The number of pyridine rings is 1. The van der Waals surface area contributed by atoms with Crippen LogP contribution in [0.4, 0.5) is 10.2 Å². The molecule has 1 fully saturated rings. The van der Waals surface area contributed by atoms with E-state index in [4.69, 9.17) is 4.74 Å². The molecule has 0 bridgehead atoms. The van der Waals surface area contributed by atoms with Gasteiger partial charge in [0, 0.05) is 25.2 Å². The van der Waals surface area contributed by atoms with Crippen LogP contribution in [-0.4, -0.2) is 79.2 Å². The SMILES string of the molecule is CCc1cc2n(CC(=O)Nc3ccc(F)cn3)c3c(c(=O)n2n1)CN(C[C@@H]1COCCN1C(C)C)C3=O. The minimum atomic E-state index is -0.519. The van der Waals surface area contributed by atoms with Crippen LogP contribution in [0.25, 0.3) is 5.65 Å². The number of nitrogens with one attached hydrogen (secondary N) is 1. The number of hydrogen-bond acceptors (Lipinski definition) is 7. The molecule has 12 heteroatoms. The summed E-state index contributed by atoms with van der Waals surface area (Å²) in [5, 5.41) is 7.04. The second-order valence-electron chi connectivity index (χ2n) is 9.63. The van der Waals surface area contributed by atoms with Crippen LogP contribution in [0.2, 0.25) is 0 Å². The van der Waals surface area contributed by atoms with Gasteiger partial charge in [-0.2, -0.15) is 9.61 Å². The Balaban J connectivity index is 1.49. The van der Waals surface area contributed by atoms with E-state index in [0.717, 1.165) is 12.7 Å². The summed E-state index contributed by atoms with van der Waals surface area (Å²) in [6.45, 7) is 8.33. The number of hydrogen-bond donors (Lipinski definition) is 1. The van der Waals surface area contributed by atoms with Gasteiger partial charge in [0.15, 0.2) is 0 Å². The fraction of sp³-hybridized carbons (Fsp3) is 0.480. The van der Waals surface area contributed by atoms with Gasteiger partial charge in [0.2, 0.25) is 5.91 Å². The van der Waals surface area contributed by atoms with Crippen molar-refractivity contribution < 1.29 is 18.7 Å². The highest BCUT2D eigenvalue weighted by atomic mass is 19.1. The van der Waals surface area contributed by atoms with Crippen molar-refractivity contribution in [2.75, 3.05) is 31.6 Å². The van der Waals surface area contributed by atoms with Gasteiger partial charge in [0.25, 0.3) is 11.5 Å². The lowest BCUT2D eigenvalue weighted by Gasteiger charge is -2.40. The zero-order valence-corrected chi connectivity index (χ0v) is 21.1. The Morgan fingerprint density at radius 3 is 2.81 bits per heavy atom. The van der Waals surface area contributed by atoms with Crippen molar-refractivity contribution in [3.63, 3.8) is 0 Å². The van der Waals surface area contributed by atoms with Crippen molar-refractivity contribution in [3.05, 3.63) is 57.5 Å². The van der Waals surface area contributed by atoms with Gasteiger partial charge < -0.3 is 19.5 Å². The average molecular weight is 512 g/mol. The van der Waals surface area contributed by atoms with Crippen molar-refractivity contribution in [2.24, 2.45) is 0 Å². The summed E-state index contributed by atoms with van der Waals surface area (Å²) >= 11 is 0. The predicted octanol–water partition coefficient (Wildman–Crippen LogP) is 1.30. The van der Waals surface area contributed by atoms with E-state index in [1.807, 2.05) is 6.92 Å². The van der Waals surface area contributed by atoms with Crippen molar-refractivity contribution in [2.45, 2.75) is 52.4 Å². The Morgan fingerprint density at radius 1 is 1.30 bits per heavy atom. The summed E-state index contributed by atoms with van der Waals surface area (Å²) in [5.74, 6) is -1.11. The highest BCUT2D eigenvalue weighted by Gasteiger charge is 2.38. The van der Waals surface area contributed by atoms with E-state index >= 15 is 0 Å². The third-order valence-electron chi connectivity index (χ3n) is 6.89. The molecule has 5 heterocycles. The smallest absolute Gasteiger partial charge is 0.280 e. The number of morpholine rings is 1. The second kappa shape index (κ2) is 10.0. The van der Waals surface area contributed by atoms with Crippen LogP contribution in [0.5, 0.6) is 0 Å². The lowest BCUT2D eigenvalue weighted by atomic mass is 10.1. The molecule has 0 unspecified atom stereocenters. The number of nitrogens with zero attached hydrogens (tertiary/aromatic N) is 6. The normalized spacial score (nSPS) is 18.1. The van der Waals surface area contributed by atoms with E-state index in [1.54, 1.807) is 15.5 Å². The molecule has 0 aromatic carbocycles. The molecule has 2 aliphatic heterocycles. The summed E-state index contributed by atoms with van der Waals surface area (Å²) in [5.41, 5.74) is 1.17. The first-order valence-electron chi connectivity index (χ1n) is 12.4. The minimum Gasteiger partial charge on any atom is -0.378 e. The molecule has 37 heavy (non-hydrogen) atoms. The molecule has 1 atom stereocenters. The van der Waals surface area contributed by atoms with Gasteiger partial charge in [0.1, 0.15) is 29.5 Å². The van der Waals surface area contributed by atoms with Crippen molar-refractivity contribution in [1.82, 2.24) is 29.0 Å². The molecule has 0 spiro atoms. The molecule has 5 rings (SSSR count). The number of ether oxygens (including phenoxy) is 1. The van der Waals surface area contributed by atoms with Crippen LogP contribution in [0, 0.1) is 5.82 Å². The Kier molecular flexibility index (Phi) is 6.78. The van der Waals surface area contributed by atoms with E-state index in [2.05, 4.69) is 34.1 Å². The summed E-state index contributed by atoms with van der Waals surface area (Å²) in [6.07, 6.45) is 1.59. The van der Waals surface area contributed by atoms with Crippen LogP contribution in [0.3, 0.4) is 0 Å². The lowest BCUT2D eigenvalue weighted by molar-refractivity contribution is -0.116. The first-order chi connectivity index (χ1) is 17.8. The van der Waals surface area contributed by atoms with E-state index in [-0.39, 0.29) is 48.2 Å². The maximum Gasteiger partial charge on any atom is 0.280 e. The molecular weight excluding hydrogens is 481 g/mol. The molecule has 0 aliphatic carbocycles. The number of carbonyl (C=O) groups is 2. The molecule has 11 nitrogen and oxygen atoms in total. The van der Waals surface area contributed by atoms with Crippen molar-refractivity contribution >= 4 is 23.3 Å². The van der Waals surface area contributed by atoms with Crippen LogP contribution >= 0.6 is 0 Å². The Bertz CT molecular complexity index is 1400. The Morgan fingerprint density at radius 2 is 2.11 bits per heavy atom. The van der Waals surface area contributed by atoms with Gasteiger partial charge in [-0.3, -0.25) is 19.3 Å². The molecule has 0 radical (unpaired) electrons. The summed E-state index contributed by atoms with van der Waals surface area (Å²) in [6, 6.07) is 4.55. The van der Waals surface area contributed by atoms with Crippen LogP contribution < -0.4 is 10.9 Å². The third kappa shape index (κ3) is 4.74. The topological polar surface area (TPSA) is 114 Å². The molecule has 1 saturated heterocycles. The van der Waals surface area contributed by atoms with Crippen molar-refractivity contribution in [3.8, 4) is 0 Å². The van der Waals surface area contributed by atoms with E-state index in [0.29, 0.717) is 43.1 Å². The maximum atomic E-state index is 13.7. The summed E-state index contributed by atoms with van der Waals surface area (Å²) in [4.78, 5) is 47.9. The van der Waals surface area contributed by atoms with Gasteiger partial charge in [0.05, 0.1) is 43.3 Å². The van der Waals surface area contributed by atoms with Gasteiger partial charge in [-0.25, -0.2) is 9.37 Å². The first-order valence-corrected chi connectivity index (χ1v) is 12.4. The summed E-state index contributed by atoms with van der Waals surface area (Å²) in [7, 11) is 0. The number of amides is 2. The number of rotatable bonds is 7. The predicted molar refractivity (Wildman–Crippen MR) is 133 cm³/mol. The molecule has 0 saturated carbocycles.